The van der Waals surface area contributed by atoms with Gasteiger partial charge in [-0.25, -0.2) is 8.78 Å². The number of aromatic nitrogens is 3. The number of amides is 1. The van der Waals surface area contributed by atoms with Gasteiger partial charge in [-0.05, 0) is 49.4 Å². The minimum atomic E-state index is -2.82. The van der Waals surface area contributed by atoms with Gasteiger partial charge in [0.15, 0.2) is 5.82 Å². The molecule has 1 aliphatic carbocycles. The largest absolute Gasteiger partial charge is 0.476 e. The van der Waals surface area contributed by atoms with Gasteiger partial charge < -0.3 is 10.1 Å². The fourth-order valence-corrected chi connectivity index (χ4v) is 3.57. The van der Waals surface area contributed by atoms with Gasteiger partial charge in [0.2, 0.25) is 11.8 Å². The van der Waals surface area contributed by atoms with Crippen LogP contribution >= 0.6 is 0 Å². The number of carbonyl (C=O) groups excluding carboxylic acids is 1. The maximum Gasteiger partial charge on any atom is 0.257 e. The number of nitrogens with zero attached hydrogens (tertiary/aromatic N) is 4. The number of pyridine rings is 1. The van der Waals surface area contributed by atoms with E-state index < -0.39 is 17.9 Å². The monoisotopic (exact) mass is 417 g/mol. The van der Waals surface area contributed by atoms with E-state index in [9.17, 15) is 13.6 Å². The van der Waals surface area contributed by atoms with Crippen molar-refractivity contribution in [3.05, 3.63) is 42.2 Å². The number of hydrogen-bond donors (Lipinski definition) is 1. The molecule has 7 nitrogen and oxygen atoms in total. The molecule has 30 heavy (non-hydrogen) atoms. The Kier molecular flexibility index (Phi) is 5.90. The molecule has 2 aromatic heterocycles. The fourth-order valence-electron chi connectivity index (χ4n) is 3.57. The number of halogens is 2. The highest BCUT2D eigenvalue weighted by molar-refractivity contribution is 5.93. The first-order valence-corrected chi connectivity index (χ1v) is 10.2. The van der Waals surface area contributed by atoms with Crippen LogP contribution in [0.5, 0.6) is 5.88 Å². The van der Waals surface area contributed by atoms with E-state index in [1.54, 1.807) is 36.1 Å². The molecule has 2 unspecified atom stereocenters. The summed E-state index contributed by atoms with van der Waals surface area (Å²) >= 11 is 0. The van der Waals surface area contributed by atoms with E-state index in [0.717, 1.165) is 0 Å². The number of alkyl halides is 2. The zero-order chi connectivity index (χ0) is 21.1. The highest BCUT2D eigenvalue weighted by atomic mass is 19.3. The summed E-state index contributed by atoms with van der Waals surface area (Å²) in [6.07, 6.45) is 5.09. The summed E-state index contributed by atoms with van der Waals surface area (Å²) in [6, 6.07) is 5.92. The maximum atomic E-state index is 14.5. The molecule has 2 atom stereocenters. The summed E-state index contributed by atoms with van der Waals surface area (Å²) in [4.78, 5) is 18.4. The second kappa shape index (κ2) is 8.59. The molecule has 0 aromatic carbocycles. The zero-order valence-electron chi connectivity index (χ0n) is 16.8. The molecule has 1 saturated heterocycles. The van der Waals surface area contributed by atoms with Crippen LogP contribution < -0.4 is 10.1 Å². The van der Waals surface area contributed by atoms with Gasteiger partial charge in [-0.2, -0.15) is 0 Å². The van der Waals surface area contributed by atoms with Gasteiger partial charge in [-0.3, -0.25) is 14.7 Å². The SMILES string of the molecule is CC(C(=O)Nc1ccc(OCC2CC2)nn1)N1CCC(F)(F)C(c2ccncc2)C1. The molecule has 1 N–H and O–H groups in total. The summed E-state index contributed by atoms with van der Waals surface area (Å²) in [7, 11) is 0. The number of likely N-dealkylation sites (tertiary alicyclic amines) is 1. The third-order valence-corrected chi connectivity index (χ3v) is 5.75. The molecule has 1 saturated carbocycles. The average molecular weight is 417 g/mol. The van der Waals surface area contributed by atoms with E-state index >= 15 is 0 Å². The molecule has 1 amide bonds. The van der Waals surface area contributed by atoms with Crippen LogP contribution in [0.15, 0.2) is 36.7 Å². The van der Waals surface area contributed by atoms with Crippen molar-refractivity contribution in [3.63, 3.8) is 0 Å². The molecule has 2 aliphatic rings. The van der Waals surface area contributed by atoms with E-state index in [2.05, 4.69) is 20.5 Å². The van der Waals surface area contributed by atoms with Crippen LogP contribution in [0.2, 0.25) is 0 Å². The minimum absolute atomic E-state index is 0.0885. The molecule has 2 fully saturated rings. The Morgan fingerprint density at radius 1 is 1.27 bits per heavy atom. The number of rotatable bonds is 7. The number of ether oxygens (including phenoxy) is 1. The van der Waals surface area contributed by atoms with Crippen molar-refractivity contribution in [3.8, 4) is 5.88 Å². The van der Waals surface area contributed by atoms with Gasteiger partial charge >= 0.3 is 0 Å². The first-order valence-electron chi connectivity index (χ1n) is 10.2. The van der Waals surface area contributed by atoms with Crippen LogP contribution in [0.3, 0.4) is 0 Å². The number of nitrogens with one attached hydrogen (secondary N) is 1. The van der Waals surface area contributed by atoms with E-state index in [4.69, 9.17) is 4.74 Å². The predicted octanol–water partition coefficient (Wildman–Crippen LogP) is 3.11. The first-order chi connectivity index (χ1) is 14.4. The van der Waals surface area contributed by atoms with Crippen LogP contribution in [-0.4, -0.2) is 57.6 Å². The van der Waals surface area contributed by atoms with Crippen LogP contribution in [0.1, 0.15) is 37.7 Å². The molecule has 2 aromatic rings. The second-order valence-corrected chi connectivity index (χ2v) is 8.02. The lowest BCUT2D eigenvalue weighted by atomic mass is 9.87. The molecule has 9 heteroatoms. The molecule has 4 rings (SSSR count). The zero-order valence-corrected chi connectivity index (χ0v) is 16.8. The molecule has 160 valence electrons. The highest BCUT2D eigenvalue weighted by Gasteiger charge is 2.46. The normalized spacial score (nSPS) is 22.3. The Hall–Kier alpha value is -2.68. The predicted molar refractivity (Wildman–Crippen MR) is 106 cm³/mol. The number of carbonyl (C=O) groups is 1. The Balaban J connectivity index is 1.36. The van der Waals surface area contributed by atoms with Crippen molar-refractivity contribution in [1.29, 1.82) is 0 Å². The number of piperidine rings is 1. The molecule has 0 bridgehead atoms. The van der Waals surface area contributed by atoms with Gasteiger partial charge in [0.25, 0.3) is 5.92 Å². The molecular formula is C21H25F2N5O2. The summed E-state index contributed by atoms with van der Waals surface area (Å²) in [5.74, 6) is -2.78. The van der Waals surface area contributed by atoms with Gasteiger partial charge in [0.05, 0.1) is 18.6 Å². The average Bonchev–Trinajstić information content (AvgIpc) is 3.58. The van der Waals surface area contributed by atoms with Crippen LogP contribution in [0.4, 0.5) is 14.6 Å². The lowest BCUT2D eigenvalue weighted by Crippen LogP contribution is -2.52. The Bertz CT molecular complexity index is 861. The van der Waals surface area contributed by atoms with Crippen molar-refractivity contribution >= 4 is 11.7 Å². The maximum absolute atomic E-state index is 14.5. The minimum Gasteiger partial charge on any atom is -0.476 e. The number of anilines is 1. The van der Waals surface area contributed by atoms with Crippen molar-refractivity contribution in [2.24, 2.45) is 5.92 Å². The van der Waals surface area contributed by atoms with E-state index in [0.29, 0.717) is 29.8 Å². The third kappa shape index (κ3) is 4.89. The second-order valence-electron chi connectivity index (χ2n) is 8.02. The van der Waals surface area contributed by atoms with Gasteiger partial charge in [-0.15, -0.1) is 10.2 Å². The molecule has 0 spiro atoms. The first kappa shape index (κ1) is 20.6. The third-order valence-electron chi connectivity index (χ3n) is 5.75. The van der Waals surface area contributed by atoms with Crippen LogP contribution in [-0.2, 0) is 4.79 Å². The van der Waals surface area contributed by atoms with Gasteiger partial charge in [-0.1, -0.05) is 0 Å². The fraction of sp³-hybridized carbons (Fsp3) is 0.524. The quantitative estimate of drug-likeness (QED) is 0.746. The van der Waals surface area contributed by atoms with Crippen molar-refractivity contribution < 1.29 is 18.3 Å². The summed E-state index contributed by atoms with van der Waals surface area (Å²) in [5.41, 5.74) is 0.528. The molecule has 1 aliphatic heterocycles. The summed E-state index contributed by atoms with van der Waals surface area (Å²) in [6.45, 7) is 2.58. The van der Waals surface area contributed by atoms with Crippen LogP contribution in [0.25, 0.3) is 0 Å². The summed E-state index contributed by atoms with van der Waals surface area (Å²) in [5, 5.41) is 10.7. The Morgan fingerprint density at radius 2 is 2.03 bits per heavy atom. The highest BCUT2D eigenvalue weighted by Crippen LogP contribution is 2.40. The standard InChI is InChI=1S/C21H25F2N5O2/c1-14(20(29)25-18-4-5-19(27-26-18)30-13-15-2-3-15)28-11-8-21(22,23)17(12-28)16-6-9-24-10-7-16/h4-7,9-10,14-15,17H,2-3,8,11-13H2,1H3,(H,25,26,29). The molecule has 3 heterocycles. The van der Waals surface area contributed by atoms with Crippen molar-refractivity contribution in [2.75, 3.05) is 25.0 Å². The molecular weight excluding hydrogens is 392 g/mol. The lowest BCUT2D eigenvalue weighted by Gasteiger charge is -2.40. The smallest absolute Gasteiger partial charge is 0.257 e. The van der Waals surface area contributed by atoms with E-state index in [1.165, 1.54) is 25.2 Å². The topological polar surface area (TPSA) is 80.2 Å². The van der Waals surface area contributed by atoms with Crippen molar-refractivity contribution in [1.82, 2.24) is 20.1 Å². The van der Waals surface area contributed by atoms with Crippen LogP contribution in [0, 0.1) is 5.92 Å². The Labute approximate surface area is 173 Å². The molecule has 0 radical (unpaired) electrons. The van der Waals surface area contributed by atoms with Crippen molar-refractivity contribution in [2.45, 2.75) is 44.1 Å². The Morgan fingerprint density at radius 3 is 2.70 bits per heavy atom. The van der Waals surface area contributed by atoms with E-state index in [-0.39, 0.29) is 25.4 Å². The van der Waals surface area contributed by atoms with E-state index in [1.807, 2.05) is 0 Å². The summed E-state index contributed by atoms with van der Waals surface area (Å²) < 4.78 is 34.6. The number of hydrogen-bond acceptors (Lipinski definition) is 6. The lowest BCUT2D eigenvalue weighted by molar-refractivity contribution is -0.125. The van der Waals surface area contributed by atoms with Gasteiger partial charge in [0.1, 0.15) is 0 Å². The van der Waals surface area contributed by atoms with Gasteiger partial charge in [0, 0.05) is 38.0 Å².